The van der Waals surface area contributed by atoms with E-state index in [2.05, 4.69) is 31.3 Å². The summed E-state index contributed by atoms with van der Waals surface area (Å²) in [6.45, 7) is 5.43. The molecule has 1 aliphatic heterocycles. The quantitative estimate of drug-likeness (QED) is 0.892. The second-order valence-corrected chi connectivity index (χ2v) is 7.28. The van der Waals surface area contributed by atoms with Gasteiger partial charge in [-0.3, -0.25) is 0 Å². The highest BCUT2D eigenvalue weighted by Gasteiger charge is 2.42. The lowest BCUT2D eigenvalue weighted by Gasteiger charge is -2.38. The first kappa shape index (κ1) is 14.9. The van der Waals surface area contributed by atoms with Gasteiger partial charge in [0, 0.05) is 24.1 Å². The van der Waals surface area contributed by atoms with E-state index in [0.717, 1.165) is 25.1 Å². The topological polar surface area (TPSA) is 41.5 Å². The van der Waals surface area contributed by atoms with Gasteiger partial charge in [0.2, 0.25) is 0 Å². The minimum absolute atomic E-state index is 0.0614. The van der Waals surface area contributed by atoms with Crippen LogP contribution < -0.4 is 10.1 Å². The van der Waals surface area contributed by atoms with Crippen LogP contribution in [-0.2, 0) is 0 Å². The Hall–Kier alpha value is -1.06. The summed E-state index contributed by atoms with van der Waals surface area (Å²) in [6, 6.07) is 8.48. The van der Waals surface area contributed by atoms with E-state index < -0.39 is 0 Å². The van der Waals surface area contributed by atoms with Crippen LogP contribution in [0.5, 0.6) is 5.75 Å². The number of rotatable bonds is 4. The molecular formula is C18H27NO2. The zero-order valence-corrected chi connectivity index (χ0v) is 13.2. The van der Waals surface area contributed by atoms with Gasteiger partial charge in [-0.15, -0.1) is 0 Å². The summed E-state index contributed by atoms with van der Waals surface area (Å²) in [5, 5.41) is 13.6. The first-order valence-electron chi connectivity index (χ1n) is 8.19. The first-order valence-corrected chi connectivity index (χ1v) is 8.19. The van der Waals surface area contributed by atoms with Gasteiger partial charge in [0.1, 0.15) is 11.4 Å². The molecule has 0 bridgehead atoms. The van der Waals surface area contributed by atoms with Crippen LogP contribution >= 0.6 is 0 Å². The SMILES string of the molecule is CC1(C)Oc2ccccc2C1NCC1(CO)CCCCC1. The second kappa shape index (κ2) is 5.62. The number of hydrogen-bond donors (Lipinski definition) is 2. The molecule has 2 N–H and O–H groups in total. The number of hydrogen-bond acceptors (Lipinski definition) is 3. The predicted octanol–water partition coefficient (Wildman–Crippen LogP) is 3.43. The summed E-state index contributed by atoms with van der Waals surface area (Å²) >= 11 is 0. The molecular weight excluding hydrogens is 262 g/mol. The number of ether oxygens (including phenoxy) is 1. The molecule has 0 amide bonds. The van der Waals surface area contributed by atoms with Gasteiger partial charge in [-0.1, -0.05) is 37.5 Å². The van der Waals surface area contributed by atoms with E-state index in [0.29, 0.717) is 0 Å². The van der Waals surface area contributed by atoms with Gasteiger partial charge >= 0.3 is 0 Å². The Morgan fingerprint density at radius 1 is 1.19 bits per heavy atom. The van der Waals surface area contributed by atoms with Crippen LogP contribution in [0.1, 0.15) is 57.6 Å². The second-order valence-electron chi connectivity index (χ2n) is 7.28. The number of aliphatic hydroxyl groups excluding tert-OH is 1. The lowest BCUT2D eigenvalue weighted by molar-refractivity contribution is 0.0556. The molecule has 2 aliphatic rings. The summed E-state index contributed by atoms with van der Waals surface area (Å²) in [5.74, 6) is 0.988. The molecule has 0 aromatic heterocycles. The smallest absolute Gasteiger partial charge is 0.125 e. The first-order chi connectivity index (χ1) is 10.1. The van der Waals surface area contributed by atoms with E-state index in [1.54, 1.807) is 0 Å². The number of para-hydroxylation sites is 1. The largest absolute Gasteiger partial charge is 0.486 e. The van der Waals surface area contributed by atoms with E-state index >= 15 is 0 Å². The molecule has 3 rings (SSSR count). The summed E-state index contributed by atoms with van der Waals surface area (Å²) in [7, 11) is 0. The van der Waals surface area contributed by atoms with E-state index in [9.17, 15) is 5.11 Å². The van der Waals surface area contributed by atoms with Crippen LogP contribution in [0.15, 0.2) is 24.3 Å². The van der Waals surface area contributed by atoms with Crippen LogP contribution in [0.25, 0.3) is 0 Å². The molecule has 116 valence electrons. The minimum Gasteiger partial charge on any atom is -0.486 e. The van der Waals surface area contributed by atoms with Crippen molar-refractivity contribution in [3.63, 3.8) is 0 Å². The summed E-state index contributed by atoms with van der Waals surface area (Å²) in [6.07, 6.45) is 6.05. The van der Waals surface area contributed by atoms with Gasteiger partial charge < -0.3 is 15.2 Å². The molecule has 0 radical (unpaired) electrons. The highest BCUT2D eigenvalue weighted by molar-refractivity contribution is 5.42. The third-order valence-corrected chi connectivity index (χ3v) is 5.23. The van der Waals surface area contributed by atoms with Crippen molar-refractivity contribution in [2.24, 2.45) is 5.41 Å². The van der Waals surface area contributed by atoms with Crippen molar-refractivity contribution in [2.45, 2.75) is 57.6 Å². The number of benzene rings is 1. The Morgan fingerprint density at radius 3 is 2.62 bits per heavy atom. The van der Waals surface area contributed by atoms with Crippen LogP contribution in [-0.4, -0.2) is 23.9 Å². The molecule has 3 nitrogen and oxygen atoms in total. The Morgan fingerprint density at radius 2 is 1.90 bits per heavy atom. The highest BCUT2D eigenvalue weighted by Crippen LogP contribution is 2.44. The third-order valence-electron chi connectivity index (χ3n) is 5.23. The lowest BCUT2D eigenvalue weighted by Crippen LogP contribution is -2.45. The van der Waals surface area contributed by atoms with E-state index in [4.69, 9.17) is 4.74 Å². The fourth-order valence-corrected chi connectivity index (χ4v) is 3.90. The molecule has 3 heteroatoms. The maximum absolute atomic E-state index is 9.87. The van der Waals surface area contributed by atoms with Crippen molar-refractivity contribution >= 4 is 0 Å². The summed E-state index contributed by atoms with van der Waals surface area (Å²) in [5.41, 5.74) is 1.06. The maximum Gasteiger partial charge on any atom is 0.125 e. The molecule has 0 spiro atoms. The summed E-state index contributed by atoms with van der Waals surface area (Å²) in [4.78, 5) is 0. The molecule has 21 heavy (non-hydrogen) atoms. The Kier molecular flexibility index (Phi) is 3.98. The maximum atomic E-state index is 9.87. The zero-order chi connectivity index (χ0) is 14.9. The fraction of sp³-hybridized carbons (Fsp3) is 0.667. The van der Waals surface area contributed by atoms with Crippen molar-refractivity contribution in [1.29, 1.82) is 0 Å². The molecule has 1 unspecified atom stereocenters. The minimum atomic E-state index is -0.241. The molecule has 1 fully saturated rings. The highest BCUT2D eigenvalue weighted by atomic mass is 16.5. The van der Waals surface area contributed by atoms with E-state index in [1.165, 1.54) is 24.8 Å². The normalized spacial score (nSPS) is 26.1. The molecule has 1 aliphatic carbocycles. The van der Waals surface area contributed by atoms with Gasteiger partial charge in [0.05, 0.1) is 6.04 Å². The van der Waals surface area contributed by atoms with Gasteiger partial charge in [-0.05, 0) is 32.8 Å². The number of fused-ring (bicyclic) bond motifs is 1. The molecule has 1 aromatic rings. The van der Waals surface area contributed by atoms with Crippen molar-refractivity contribution in [3.05, 3.63) is 29.8 Å². The molecule has 1 saturated carbocycles. The van der Waals surface area contributed by atoms with Gasteiger partial charge in [-0.25, -0.2) is 0 Å². The molecule has 1 aromatic carbocycles. The average molecular weight is 289 g/mol. The molecule has 1 atom stereocenters. The standard InChI is InChI=1S/C18H27NO2/c1-17(2)16(14-8-4-5-9-15(14)21-17)19-12-18(13-20)10-6-3-7-11-18/h4-5,8-9,16,19-20H,3,6-7,10-13H2,1-2H3. The fourth-order valence-electron chi connectivity index (χ4n) is 3.90. The van der Waals surface area contributed by atoms with E-state index in [-0.39, 0.29) is 23.7 Å². The number of aliphatic hydroxyl groups is 1. The van der Waals surface area contributed by atoms with Gasteiger partial charge in [-0.2, -0.15) is 0 Å². The molecule has 0 saturated heterocycles. The lowest BCUT2D eigenvalue weighted by atomic mass is 9.74. The number of nitrogens with one attached hydrogen (secondary N) is 1. The van der Waals surface area contributed by atoms with Gasteiger partial charge in [0.25, 0.3) is 0 Å². The van der Waals surface area contributed by atoms with Crippen LogP contribution in [0.2, 0.25) is 0 Å². The van der Waals surface area contributed by atoms with Crippen LogP contribution in [0.3, 0.4) is 0 Å². The predicted molar refractivity (Wildman–Crippen MR) is 84.5 cm³/mol. The Balaban J connectivity index is 1.74. The van der Waals surface area contributed by atoms with Crippen molar-refractivity contribution in [2.75, 3.05) is 13.2 Å². The van der Waals surface area contributed by atoms with Crippen LogP contribution in [0.4, 0.5) is 0 Å². The molecule has 1 heterocycles. The van der Waals surface area contributed by atoms with Crippen molar-refractivity contribution in [3.8, 4) is 5.75 Å². The third kappa shape index (κ3) is 2.82. The van der Waals surface area contributed by atoms with Crippen molar-refractivity contribution < 1.29 is 9.84 Å². The Bertz CT molecular complexity index is 492. The average Bonchev–Trinajstić information content (AvgIpc) is 2.75. The van der Waals surface area contributed by atoms with Gasteiger partial charge in [0.15, 0.2) is 0 Å². The van der Waals surface area contributed by atoms with Crippen LogP contribution in [0, 0.1) is 5.41 Å². The Labute approximate surface area is 127 Å². The monoisotopic (exact) mass is 289 g/mol. The summed E-state index contributed by atoms with van der Waals surface area (Å²) < 4.78 is 6.09. The van der Waals surface area contributed by atoms with E-state index in [1.807, 2.05) is 12.1 Å². The zero-order valence-electron chi connectivity index (χ0n) is 13.2. The van der Waals surface area contributed by atoms with Crippen molar-refractivity contribution in [1.82, 2.24) is 5.32 Å².